The number of benzene rings is 2. The second kappa shape index (κ2) is 10.8. The first-order chi connectivity index (χ1) is 15.0. The summed E-state index contributed by atoms with van der Waals surface area (Å²) in [6, 6.07) is 13.8. The number of hydrazine groups is 1. The van der Waals surface area contributed by atoms with E-state index in [1.807, 2.05) is 49.1 Å². The molecular weight excluding hydrogens is 394 g/mol. The van der Waals surface area contributed by atoms with Crippen molar-refractivity contribution in [2.45, 2.75) is 45.3 Å². The largest absolute Gasteiger partial charge is 0.493 e. The summed E-state index contributed by atoms with van der Waals surface area (Å²) < 4.78 is 11.1. The lowest BCUT2D eigenvalue weighted by Gasteiger charge is -2.31. The van der Waals surface area contributed by atoms with Crippen LogP contribution in [0.15, 0.2) is 48.5 Å². The first-order valence-electron chi connectivity index (χ1n) is 10.7. The van der Waals surface area contributed by atoms with Gasteiger partial charge in [-0.15, -0.1) is 0 Å². The maximum atomic E-state index is 13.2. The third-order valence-corrected chi connectivity index (χ3v) is 5.17. The van der Waals surface area contributed by atoms with Crippen molar-refractivity contribution in [1.82, 2.24) is 15.8 Å². The molecule has 1 aliphatic heterocycles. The zero-order chi connectivity index (χ0) is 22.2. The van der Waals surface area contributed by atoms with Crippen molar-refractivity contribution in [3.05, 3.63) is 59.7 Å². The average Bonchev–Trinajstić information content (AvgIpc) is 2.80. The van der Waals surface area contributed by atoms with Gasteiger partial charge >= 0.3 is 0 Å². The zero-order valence-electron chi connectivity index (χ0n) is 18.4. The van der Waals surface area contributed by atoms with Gasteiger partial charge in [0.15, 0.2) is 11.5 Å². The van der Waals surface area contributed by atoms with Gasteiger partial charge in [0.25, 0.3) is 5.91 Å². The highest BCUT2D eigenvalue weighted by Crippen LogP contribution is 2.29. The van der Waals surface area contributed by atoms with Crippen LogP contribution in [-0.4, -0.2) is 43.0 Å². The number of hydrogen-bond acceptors (Lipinski definition) is 5. The molecule has 0 spiro atoms. The molecule has 0 unspecified atom stereocenters. The minimum absolute atomic E-state index is 0.0114. The summed E-state index contributed by atoms with van der Waals surface area (Å²) in [5.74, 6) is 0.654. The molecule has 2 aromatic rings. The van der Waals surface area contributed by atoms with Gasteiger partial charge in [0.2, 0.25) is 5.91 Å². The van der Waals surface area contributed by atoms with Crippen LogP contribution in [0.3, 0.4) is 0 Å². The van der Waals surface area contributed by atoms with Gasteiger partial charge in [-0.25, -0.2) is 5.43 Å². The summed E-state index contributed by atoms with van der Waals surface area (Å²) in [7, 11) is 1.53. The molecule has 0 saturated carbocycles. The molecule has 1 aliphatic rings. The lowest BCUT2D eigenvalue weighted by molar-refractivity contribution is -0.134. The van der Waals surface area contributed by atoms with Crippen LogP contribution in [0.5, 0.6) is 11.5 Å². The van der Waals surface area contributed by atoms with E-state index in [1.165, 1.54) is 7.11 Å². The number of carbonyl (C=O) groups is 2. The number of ether oxygens (including phenoxy) is 2. The molecule has 2 amide bonds. The highest BCUT2D eigenvalue weighted by Gasteiger charge is 2.27. The Morgan fingerprint density at radius 1 is 0.968 bits per heavy atom. The fourth-order valence-electron chi connectivity index (χ4n) is 3.60. The third kappa shape index (κ3) is 5.98. The van der Waals surface area contributed by atoms with Crippen molar-refractivity contribution in [3.8, 4) is 11.5 Å². The molecule has 0 radical (unpaired) electrons. The Bertz CT molecular complexity index is 880. The van der Waals surface area contributed by atoms with Gasteiger partial charge in [-0.1, -0.05) is 30.3 Å². The van der Waals surface area contributed by atoms with Crippen LogP contribution in [0.4, 0.5) is 0 Å². The lowest BCUT2D eigenvalue weighted by Crippen LogP contribution is -2.48. The molecule has 0 bridgehead atoms. The minimum Gasteiger partial charge on any atom is -0.493 e. The van der Waals surface area contributed by atoms with Crippen LogP contribution in [0, 0.1) is 0 Å². The van der Waals surface area contributed by atoms with E-state index in [0.29, 0.717) is 17.1 Å². The van der Waals surface area contributed by atoms with Crippen molar-refractivity contribution in [3.63, 3.8) is 0 Å². The molecule has 1 fully saturated rings. The number of rotatable bonds is 8. The first-order valence-corrected chi connectivity index (χ1v) is 10.7. The van der Waals surface area contributed by atoms with E-state index in [-0.39, 0.29) is 17.9 Å². The van der Waals surface area contributed by atoms with E-state index < -0.39 is 6.04 Å². The van der Waals surface area contributed by atoms with Gasteiger partial charge in [-0.3, -0.25) is 15.0 Å². The second-order valence-electron chi connectivity index (χ2n) is 7.86. The fourth-order valence-corrected chi connectivity index (χ4v) is 3.60. The van der Waals surface area contributed by atoms with E-state index in [2.05, 4.69) is 10.9 Å². The molecule has 1 saturated heterocycles. The van der Waals surface area contributed by atoms with Crippen molar-refractivity contribution in [2.75, 3.05) is 20.2 Å². The van der Waals surface area contributed by atoms with Gasteiger partial charge in [0.05, 0.1) is 13.2 Å². The topological polar surface area (TPSA) is 79.9 Å². The fraction of sp³-hybridized carbons (Fsp3) is 0.417. The molecular formula is C24H31N3O4. The van der Waals surface area contributed by atoms with E-state index in [9.17, 15) is 9.59 Å². The average molecular weight is 426 g/mol. The molecule has 7 heteroatoms. The monoisotopic (exact) mass is 425 g/mol. The predicted molar refractivity (Wildman–Crippen MR) is 119 cm³/mol. The number of carbonyl (C=O) groups excluding carboxylic acids is 2. The van der Waals surface area contributed by atoms with E-state index in [0.717, 1.165) is 37.9 Å². The number of methoxy groups -OCH3 is 1. The smallest absolute Gasteiger partial charge is 0.265 e. The third-order valence-electron chi connectivity index (χ3n) is 5.17. The molecule has 2 N–H and O–H groups in total. The molecule has 2 aromatic carbocycles. The SMILES string of the molecule is COc1cc(C(=O)NN[C@H](C(=O)N2CCCCC2)c2ccccc2)ccc1OC(C)C. The van der Waals surface area contributed by atoms with Crippen LogP contribution < -0.4 is 20.3 Å². The molecule has 1 atom stereocenters. The number of likely N-dealkylation sites (tertiary alicyclic amines) is 1. The quantitative estimate of drug-likeness (QED) is 0.633. The van der Waals surface area contributed by atoms with Crippen molar-refractivity contribution >= 4 is 11.8 Å². The first kappa shape index (κ1) is 22.6. The number of amides is 2. The van der Waals surface area contributed by atoms with Gasteiger partial charge in [0, 0.05) is 18.7 Å². The standard InChI is InChI=1S/C24H31N3O4/c1-17(2)31-20-13-12-19(16-21(20)30-3)23(28)26-25-22(18-10-6-4-7-11-18)24(29)27-14-8-5-9-15-27/h4,6-7,10-13,16-17,22,25H,5,8-9,14-15H2,1-3H3,(H,26,28)/t22-/m0/s1. The number of nitrogens with one attached hydrogen (secondary N) is 2. The zero-order valence-corrected chi connectivity index (χ0v) is 18.4. The molecule has 31 heavy (non-hydrogen) atoms. The number of hydrogen-bond donors (Lipinski definition) is 2. The number of nitrogens with zero attached hydrogens (tertiary/aromatic N) is 1. The van der Waals surface area contributed by atoms with Crippen LogP contribution in [0.1, 0.15) is 55.1 Å². The van der Waals surface area contributed by atoms with Gasteiger partial charge in [0.1, 0.15) is 6.04 Å². The summed E-state index contributed by atoms with van der Waals surface area (Å²) >= 11 is 0. The maximum absolute atomic E-state index is 13.2. The molecule has 7 nitrogen and oxygen atoms in total. The highest BCUT2D eigenvalue weighted by molar-refractivity contribution is 5.95. The van der Waals surface area contributed by atoms with Gasteiger partial charge < -0.3 is 14.4 Å². The Hall–Kier alpha value is -3.06. The van der Waals surface area contributed by atoms with Crippen LogP contribution in [0.25, 0.3) is 0 Å². The summed E-state index contributed by atoms with van der Waals surface area (Å²) in [4.78, 5) is 27.8. The van der Waals surface area contributed by atoms with Crippen LogP contribution >= 0.6 is 0 Å². The van der Waals surface area contributed by atoms with E-state index in [4.69, 9.17) is 9.47 Å². The number of piperidine rings is 1. The molecule has 1 heterocycles. The van der Waals surface area contributed by atoms with E-state index >= 15 is 0 Å². The van der Waals surface area contributed by atoms with Gasteiger partial charge in [-0.2, -0.15) is 0 Å². The predicted octanol–water partition coefficient (Wildman–Crippen LogP) is 3.47. The van der Waals surface area contributed by atoms with Crippen molar-refractivity contribution in [1.29, 1.82) is 0 Å². The Morgan fingerprint density at radius 2 is 1.68 bits per heavy atom. The lowest BCUT2D eigenvalue weighted by atomic mass is 10.0. The van der Waals surface area contributed by atoms with Gasteiger partial charge in [-0.05, 0) is 56.9 Å². The highest BCUT2D eigenvalue weighted by atomic mass is 16.5. The Balaban J connectivity index is 1.73. The normalized spacial score (nSPS) is 14.8. The Morgan fingerprint density at radius 3 is 2.32 bits per heavy atom. The molecule has 3 rings (SSSR count). The van der Waals surface area contributed by atoms with Crippen molar-refractivity contribution in [2.24, 2.45) is 0 Å². The van der Waals surface area contributed by atoms with E-state index in [1.54, 1.807) is 18.2 Å². The minimum atomic E-state index is -0.659. The summed E-state index contributed by atoms with van der Waals surface area (Å²) in [6.45, 7) is 5.33. The summed E-state index contributed by atoms with van der Waals surface area (Å²) in [5, 5.41) is 0. The maximum Gasteiger partial charge on any atom is 0.265 e. The molecule has 166 valence electrons. The Labute approximate surface area is 183 Å². The second-order valence-corrected chi connectivity index (χ2v) is 7.86. The Kier molecular flexibility index (Phi) is 7.89. The van der Waals surface area contributed by atoms with Crippen LogP contribution in [0.2, 0.25) is 0 Å². The van der Waals surface area contributed by atoms with Crippen molar-refractivity contribution < 1.29 is 19.1 Å². The summed E-state index contributed by atoms with van der Waals surface area (Å²) in [6.07, 6.45) is 3.14. The molecule has 0 aromatic heterocycles. The van der Waals surface area contributed by atoms with Crippen LogP contribution in [-0.2, 0) is 4.79 Å². The molecule has 0 aliphatic carbocycles. The summed E-state index contributed by atoms with van der Waals surface area (Å²) in [5.41, 5.74) is 6.85.